The van der Waals surface area contributed by atoms with E-state index < -0.39 is 5.41 Å². The van der Waals surface area contributed by atoms with E-state index in [9.17, 15) is 10.1 Å². The number of aryl methyl sites for hydroxylation is 2. The molecule has 1 amide bonds. The van der Waals surface area contributed by atoms with Gasteiger partial charge in [-0.25, -0.2) is 0 Å². The van der Waals surface area contributed by atoms with Crippen LogP contribution in [0.4, 0.5) is 0 Å². The molecule has 0 saturated heterocycles. The molecule has 0 aliphatic heterocycles. The molecule has 0 bridgehead atoms. The smallest absolute Gasteiger partial charge is 0.255 e. The third kappa shape index (κ3) is 6.25. The summed E-state index contributed by atoms with van der Waals surface area (Å²) < 4.78 is 5.86. The maximum Gasteiger partial charge on any atom is 0.255 e. The molecule has 3 rings (SSSR count). The molecule has 3 aromatic rings. The number of nitrogens with zero attached hydrogens (tertiary/aromatic N) is 1. The summed E-state index contributed by atoms with van der Waals surface area (Å²) in [7, 11) is 0. The van der Waals surface area contributed by atoms with E-state index in [1.807, 2.05) is 46.8 Å². The standard InChI is InChI=1S/C28H27ClN2O2/c1-18-12-19(2)14-21(13-18)25(17-30)26(28(3,4)5)31-27(32)20-8-6-10-23(15-20)33-24-11-7-9-22(29)16-24/h6-16H,1-5H3,(H,31,32)/b26-25-. The van der Waals surface area contributed by atoms with Crippen molar-refractivity contribution in [2.24, 2.45) is 5.41 Å². The Morgan fingerprint density at radius 3 is 2.09 bits per heavy atom. The van der Waals surface area contributed by atoms with Crippen molar-refractivity contribution in [3.8, 4) is 17.6 Å². The Bertz CT molecular complexity index is 1240. The van der Waals surface area contributed by atoms with E-state index in [1.54, 1.807) is 48.5 Å². The molecule has 168 valence electrons. The number of carbonyl (C=O) groups is 1. The Kier molecular flexibility index (Phi) is 7.26. The molecule has 1 N–H and O–H groups in total. The lowest BCUT2D eigenvalue weighted by Gasteiger charge is -2.26. The van der Waals surface area contributed by atoms with E-state index in [2.05, 4.69) is 17.5 Å². The molecule has 0 heterocycles. The topological polar surface area (TPSA) is 62.1 Å². The predicted octanol–water partition coefficient (Wildman–Crippen LogP) is 7.46. The monoisotopic (exact) mass is 458 g/mol. The first-order chi connectivity index (χ1) is 15.6. The molecular weight excluding hydrogens is 432 g/mol. The molecule has 0 saturated carbocycles. The number of hydrogen-bond donors (Lipinski definition) is 1. The Morgan fingerprint density at radius 2 is 1.52 bits per heavy atom. The van der Waals surface area contributed by atoms with Crippen LogP contribution in [-0.4, -0.2) is 5.91 Å². The van der Waals surface area contributed by atoms with Gasteiger partial charge < -0.3 is 10.1 Å². The minimum absolute atomic E-state index is 0.311. The zero-order valence-corrected chi connectivity index (χ0v) is 20.2. The quantitative estimate of drug-likeness (QED) is 0.403. The number of nitrogens with one attached hydrogen (secondary N) is 1. The van der Waals surface area contributed by atoms with Crippen molar-refractivity contribution in [1.82, 2.24) is 5.32 Å². The minimum atomic E-state index is -0.465. The summed E-state index contributed by atoms with van der Waals surface area (Å²) in [4.78, 5) is 13.2. The summed E-state index contributed by atoms with van der Waals surface area (Å²) in [6, 6.07) is 22.3. The van der Waals surface area contributed by atoms with Gasteiger partial charge in [0.15, 0.2) is 0 Å². The fourth-order valence-electron chi connectivity index (χ4n) is 3.56. The van der Waals surface area contributed by atoms with Crippen molar-refractivity contribution in [1.29, 1.82) is 5.26 Å². The van der Waals surface area contributed by atoms with E-state index in [4.69, 9.17) is 16.3 Å². The highest BCUT2D eigenvalue weighted by atomic mass is 35.5. The summed E-state index contributed by atoms with van der Waals surface area (Å²) in [5.74, 6) is 0.784. The maximum atomic E-state index is 13.2. The molecule has 5 heteroatoms. The summed E-state index contributed by atoms with van der Waals surface area (Å²) in [6.07, 6.45) is 0. The number of carbonyl (C=O) groups excluding carboxylic acids is 1. The SMILES string of the molecule is Cc1cc(C)cc(/C(C#N)=C(\NC(=O)c2cccc(Oc3cccc(Cl)c3)c2)C(C)(C)C)c1. The third-order valence-corrected chi connectivity index (χ3v) is 5.22. The molecular formula is C28H27ClN2O2. The largest absolute Gasteiger partial charge is 0.457 e. The van der Waals surface area contributed by atoms with Gasteiger partial charge in [-0.2, -0.15) is 5.26 Å². The van der Waals surface area contributed by atoms with Gasteiger partial charge in [-0.1, -0.05) is 73.8 Å². The molecule has 0 aromatic heterocycles. The van der Waals surface area contributed by atoms with Crippen molar-refractivity contribution in [2.45, 2.75) is 34.6 Å². The molecule has 33 heavy (non-hydrogen) atoms. The van der Waals surface area contributed by atoms with Crippen LogP contribution in [0.1, 0.15) is 47.8 Å². The highest BCUT2D eigenvalue weighted by Crippen LogP contribution is 2.32. The van der Waals surface area contributed by atoms with Crippen LogP contribution in [0, 0.1) is 30.6 Å². The fraction of sp³-hybridized carbons (Fsp3) is 0.214. The number of hydrogen-bond acceptors (Lipinski definition) is 3. The number of allylic oxidation sites excluding steroid dienone is 2. The highest BCUT2D eigenvalue weighted by molar-refractivity contribution is 6.30. The van der Waals surface area contributed by atoms with Crippen LogP contribution in [0.15, 0.2) is 72.4 Å². The first-order valence-electron chi connectivity index (χ1n) is 10.6. The van der Waals surface area contributed by atoms with Crippen LogP contribution in [-0.2, 0) is 0 Å². The third-order valence-electron chi connectivity index (χ3n) is 4.99. The van der Waals surface area contributed by atoms with E-state index in [0.29, 0.717) is 33.4 Å². The van der Waals surface area contributed by atoms with Crippen LogP contribution in [0.25, 0.3) is 5.57 Å². The van der Waals surface area contributed by atoms with Gasteiger partial charge in [-0.15, -0.1) is 0 Å². The summed E-state index contributed by atoms with van der Waals surface area (Å²) >= 11 is 6.03. The molecule has 0 unspecified atom stereocenters. The second-order valence-electron chi connectivity index (χ2n) is 9.03. The summed E-state index contributed by atoms with van der Waals surface area (Å²) in [5.41, 5.74) is 3.89. The van der Waals surface area contributed by atoms with Gasteiger partial charge in [-0.05, 0) is 55.8 Å². The number of rotatable bonds is 5. The van der Waals surface area contributed by atoms with Crippen molar-refractivity contribution in [3.63, 3.8) is 0 Å². The Morgan fingerprint density at radius 1 is 0.909 bits per heavy atom. The second-order valence-corrected chi connectivity index (χ2v) is 9.47. The number of halogens is 1. The maximum absolute atomic E-state index is 13.2. The normalized spacial score (nSPS) is 11.9. The lowest BCUT2D eigenvalue weighted by molar-refractivity contribution is 0.0957. The first-order valence-corrected chi connectivity index (χ1v) is 11.0. The van der Waals surface area contributed by atoms with E-state index in [-0.39, 0.29) is 5.91 Å². The van der Waals surface area contributed by atoms with E-state index >= 15 is 0 Å². The molecule has 3 aromatic carbocycles. The van der Waals surface area contributed by atoms with E-state index in [1.165, 1.54) is 0 Å². The number of amides is 1. The van der Waals surface area contributed by atoms with Crippen molar-refractivity contribution >= 4 is 23.1 Å². The van der Waals surface area contributed by atoms with Gasteiger partial charge in [0.2, 0.25) is 0 Å². The zero-order valence-electron chi connectivity index (χ0n) is 19.5. The number of nitriles is 1. The zero-order chi connectivity index (χ0) is 24.2. The van der Waals surface area contributed by atoms with Crippen LogP contribution < -0.4 is 10.1 Å². The lowest BCUT2D eigenvalue weighted by Crippen LogP contribution is -2.31. The van der Waals surface area contributed by atoms with Crippen LogP contribution in [0.3, 0.4) is 0 Å². The van der Waals surface area contributed by atoms with Gasteiger partial charge in [0.1, 0.15) is 17.6 Å². The first kappa shape index (κ1) is 24.1. The average molecular weight is 459 g/mol. The average Bonchev–Trinajstić information content (AvgIpc) is 2.72. The molecule has 0 radical (unpaired) electrons. The molecule has 0 aliphatic carbocycles. The van der Waals surface area contributed by atoms with Gasteiger partial charge in [0.05, 0.1) is 5.57 Å². The Hall–Kier alpha value is -3.55. The molecule has 0 fully saturated rings. The molecule has 0 atom stereocenters. The van der Waals surface area contributed by atoms with Crippen LogP contribution >= 0.6 is 11.6 Å². The molecule has 4 nitrogen and oxygen atoms in total. The van der Waals surface area contributed by atoms with Crippen molar-refractivity contribution in [2.75, 3.05) is 0 Å². The van der Waals surface area contributed by atoms with E-state index in [0.717, 1.165) is 16.7 Å². The summed E-state index contributed by atoms with van der Waals surface area (Å²) in [6.45, 7) is 9.91. The van der Waals surface area contributed by atoms with Gasteiger partial charge in [0, 0.05) is 21.7 Å². The minimum Gasteiger partial charge on any atom is -0.457 e. The lowest BCUT2D eigenvalue weighted by atomic mass is 9.86. The van der Waals surface area contributed by atoms with Gasteiger partial charge >= 0.3 is 0 Å². The van der Waals surface area contributed by atoms with Gasteiger partial charge in [-0.3, -0.25) is 4.79 Å². The van der Waals surface area contributed by atoms with Crippen molar-refractivity contribution in [3.05, 3.63) is 99.7 Å². The second kappa shape index (κ2) is 9.94. The van der Waals surface area contributed by atoms with Crippen molar-refractivity contribution < 1.29 is 9.53 Å². The predicted molar refractivity (Wildman–Crippen MR) is 133 cm³/mol. The molecule has 0 aliphatic rings. The Balaban J connectivity index is 1.95. The highest BCUT2D eigenvalue weighted by Gasteiger charge is 2.25. The summed E-state index contributed by atoms with van der Waals surface area (Å²) in [5, 5.41) is 13.6. The number of ether oxygens (including phenoxy) is 1. The van der Waals surface area contributed by atoms with Crippen LogP contribution in [0.2, 0.25) is 5.02 Å². The van der Waals surface area contributed by atoms with Crippen LogP contribution in [0.5, 0.6) is 11.5 Å². The fourth-order valence-corrected chi connectivity index (χ4v) is 3.74. The number of benzene rings is 3. The molecule has 0 spiro atoms. The Labute approximate surface area is 200 Å². The van der Waals surface area contributed by atoms with Gasteiger partial charge in [0.25, 0.3) is 5.91 Å².